The molecular formula is C76H124NO8+. The van der Waals surface area contributed by atoms with E-state index in [0.29, 0.717) is 17.4 Å². The Kier molecular flexibility index (Phi) is 61.0. The Morgan fingerprint density at radius 2 is 0.635 bits per heavy atom. The molecule has 85 heavy (non-hydrogen) atoms. The first-order chi connectivity index (χ1) is 41.6. The van der Waals surface area contributed by atoms with E-state index in [0.717, 1.165) is 128 Å². The molecule has 0 amide bonds. The summed E-state index contributed by atoms with van der Waals surface area (Å²) in [6.45, 7) is 4.63. The number of carboxylic acids is 1. The van der Waals surface area contributed by atoms with Gasteiger partial charge in [-0.25, -0.2) is 4.79 Å². The summed E-state index contributed by atoms with van der Waals surface area (Å²) in [5, 5.41) is 9.74. The minimum atomic E-state index is -1.52. The highest BCUT2D eigenvalue weighted by Crippen LogP contribution is 2.15. The zero-order valence-corrected chi connectivity index (χ0v) is 54.7. The summed E-state index contributed by atoms with van der Waals surface area (Å²) < 4.78 is 22.9. The molecule has 0 heterocycles. The minimum absolute atomic E-state index is 0.177. The molecule has 0 aliphatic carbocycles. The first-order valence-corrected chi connectivity index (χ1v) is 33.6. The average molecular weight is 1180 g/mol. The van der Waals surface area contributed by atoms with Crippen LogP contribution in [0.15, 0.2) is 158 Å². The highest BCUT2D eigenvalue weighted by atomic mass is 16.7. The van der Waals surface area contributed by atoms with Gasteiger partial charge in [-0.2, -0.15) is 0 Å². The van der Waals surface area contributed by atoms with Crippen molar-refractivity contribution in [1.82, 2.24) is 0 Å². The average Bonchev–Trinajstić information content (AvgIpc) is 3.49. The number of allylic oxidation sites excluding steroid dienone is 26. The quantitative estimate of drug-likeness (QED) is 0.0211. The number of aliphatic carboxylic acids is 1. The number of unbranched alkanes of at least 4 members (excludes halogenated alkanes) is 19. The number of nitrogens with zero attached hydrogens (tertiary/aromatic N) is 1. The standard InChI is InChI=1S/C76H123NO8/c1-6-8-10-12-14-16-18-20-22-24-26-28-30-32-34-35-36-37-38-39-41-43-45-47-49-51-53-55-57-59-61-63-65-67-74(79)85-72(71-84-76(75(80)81)82-69-68-77(3,4)5)70-83-73(78)66-64-62-60-58-56-54-52-50-48-46-44-42-40-33-31-29-27-25-23-21-19-17-15-13-11-9-7-2/h8-11,14-17,20-23,26-29,32-34,36-37,39-41,45,47,72,76H,6-7,12-13,18-19,24-25,30-31,35,38,42-44,46,48-71H2,1-5H3/p+1/b10-8-,11-9-,16-14-,17-15-,22-20-,23-21-,28-26-,29-27-,34-32-,37-36-,40-33-,41-39-,47-45-. The van der Waals surface area contributed by atoms with E-state index in [4.69, 9.17) is 18.9 Å². The van der Waals surface area contributed by atoms with Crippen molar-refractivity contribution < 1.29 is 42.9 Å². The topological polar surface area (TPSA) is 108 Å². The highest BCUT2D eigenvalue weighted by Gasteiger charge is 2.25. The molecule has 2 unspecified atom stereocenters. The second kappa shape index (κ2) is 64.9. The molecule has 0 aromatic rings. The molecule has 0 spiro atoms. The molecule has 0 rings (SSSR count). The third-order valence-electron chi connectivity index (χ3n) is 13.8. The number of ether oxygens (including phenoxy) is 4. The van der Waals surface area contributed by atoms with Crippen molar-refractivity contribution in [2.75, 3.05) is 47.5 Å². The van der Waals surface area contributed by atoms with Crippen LogP contribution >= 0.6 is 0 Å². The molecule has 2 atom stereocenters. The van der Waals surface area contributed by atoms with Gasteiger partial charge in [-0.1, -0.05) is 268 Å². The molecule has 9 heteroatoms. The molecule has 1 N–H and O–H groups in total. The van der Waals surface area contributed by atoms with Crippen molar-refractivity contribution in [3.8, 4) is 0 Å². The summed E-state index contributed by atoms with van der Waals surface area (Å²) in [5.74, 6) is -2.03. The number of rotatable bonds is 60. The molecular weight excluding hydrogens is 1050 g/mol. The Balaban J connectivity index is 4.23. The van der Waals surface area contributed by atoms with Crippen LogP contribution in [0, 0.1) is 0 Å². The van der Waals surface area contributed by atoms with E-state index in [1.54, 1.807) is 0 Å². The summed E-state index contributed by atoms with van der Waals surface area (Å²) in [6, 6.07) is 0. The summed E-state index contributed by atoms with van der Waals surface area (Å²) in [4.78, 5) is 37.6. The van der Waals surface area contributed by atoms with Crippen LogP contribution in [0.25, 0.3) is 0 Å². The van der Waals surface area contributed by atoms with Gasteiger partial charge >= 0.3 is 17.9 Å². The van der Waals surface area contributed by atoms with Gasteiger partial charge in [0, 0.05) is 12.8 Å². The number of carboxylic acid groups (broad SMARTS) is 1. The van der Waals surface area contributed by atoms with E-state index in [-0.39, 0.29) is 38.6 Å². The van der Waals surface area contributed by atoms with Crippen molar-refractivity contribution in [3.63, 3.8) is 0 Å². The van der Waals surface area contributed by atoms with Crippen LogP contribution < -0.4 is 0 Å². The third-order valence-corrected chi connectivity index (χ3v) is 13.8. The van der Waals surface area contributed by atoms with Gasteiger partial charge in [0.2, 0.25) is 0 Å². The lowest BCUT2D eigenvalue weighted by atomic mass is 10.0. The van der Waals surface area contributed by atoms with Crippen LogP contribution in [0.4, 0.5) is 0 Å². The zero-order valence-electron chi connectivity index (χ0n) is 54.7. The van der Waals surface area contributed by atoms with Gasteiger partial charge in [-0.05, 0) is 122 Å². The van der Waals surface area contributed by atoms with Gasteiger partial charge in [0.15, 0.2) is 6.10 Å². The van der Waals surface area contributed by atoms with Crippen LogP contribution in [-0.2, 0) is 33.3 Å². The molecule has 0 aromatic heterocycles. The minimum Gasteiger partial charge on any atom is -0.477 e. The monoisotopic (exact) mass is 1180 g/mol. The molecule has 0 fully saturated rings. The van der Waals surface area contributed by atoms with Crippen LogP contribution in [0.5, 0.6) is 0 Å². The molecule has 0 saturated carbocycles. The summed E-state index contributed by atoms with van der Waals surface area (Å²) in [6.07, 6.45) is 93.3. The summed E-state index contributed by atoms with van der Waals surface area (Å²) in [7, 11) is 5.96. The van der Waals surface area contributed by atoms with Crippen molar-refractivity contribution >= 4 is 17.9 Å². The predicted molar refractivity (Wildman–Crippen MR) is 363 cm³/mol. The molecule has 0 aromatic carbocycles. The van der Waals surface area contributed by atoms with Gasteiger partial charge < -0.3 is 28.5 Å². The van der Waals surface area contributed by atoms with E-state index in [2.05, 4.69) is 172 Å². The predicted octanol–water partition coefficient (Wildman–Crippen LogP) is 20.9. The molecule has 0 aliphatic heterocycles. The third kappa shape index (κ3) is 66.3. The maximum absolute atomic E-state index is 12.9. The summed E-state index contributed by atoms with van der Waals surface area (Å²) in [5.41, 5.74) is 0. The van der Waals surface area contributed by atoms with Crippen molar-refractivity contribution in [1.29, 1.82) is 0 Å². The lowest BCUT2D eigenvalue weighted by Crippen LogP contribution is -2.40. The number of carbonyl (C=O) groups is 3. The van der Waals surface area contributed by atoms with E-state index < -0.39 is 24.3 Å². The Morgan fingerprint density at radius 3 is 0.941 bits per heavy atom. The second-order valence-corrected chi connectivity index (χ2v) is 23.0. The van der Waals surface area contributed by atoms with Crippen molar-refractivity contribution in [2.24, 2.45) is 0 Å². The van der Waals surface area contributed by atoms with Gasteiger partial charge in [-0.3, -0.25) is 9.59 Å². The van der Waals surface area contributed by atoms with Crippen LogP contribution in [0.1, 0.15) is 245 Å². The van der Waals surface area contributed by atoms with E-state index >= 15 is 0 Å². The maximum atomic E-state index is 12.9. The molecule has 480 valence electrons. The Hall–Kier alpha value is -5.09. The summed E-state index contributed by atoms with van der Waals surface area (Å²) >= 11 is 0. The van der Waals surface area contributed by atoms with E-state index in [1.807, 2.05) is 21.1 Å². The van der Waals surface area contributed by atoms with E-state index in [9.17, 15) is 19.5 Å². The lowest BCUT2D eigenvalue weighted by Gasteiger charge is -2.25. The first kappa shape index (κ1) is 79.9. The van der Waals surface area contributed by atoms with E-state index in [1.165, 1.54) is 83.5 Å². The normalized spacial score (nSPS) is 13.8. The fraction of sp³-hybridized carbons (Fsp3) is 0.618. The van der Waals surface area contributed by atoms with Crippen LogP contribution in [-0.4, -0.2) is 87.4 Å². The number of quaternary nitrogens is 1. The molecule has 9 nitrogen and oxygen atoms in total. The number of esters is 2. The van der Waals surface area contributed by atoms with Gasteiger partial charge in [0.25, 0.3) is 6.29 Å². The van der Waals surface area contributed by atoms with Crippen molar-refractivity contribution in [3.05, 3.63) is 158 Å². The number of hydrogen-bond acceptors (Lipinski definition) is 7. The molecule has 0 radical (unpaired) electrons. The zero-order chi connectivity index (χ0) is 61.9. The SMILES string of the molecule is CC/C=C\C/C=C\C/C=C\C/C=C\C/C=C\C/C=C\C/C=C\C/C=C\CCCCCCCCCCC(=O)OC(COC(=O)CCCCCCCCCCCCC/C=C\C/C=C\C/C=C\C/C=C\C/C=C\CC)COC(OCC[N+](C)(C)C)C(=O)O. The largest absolute Gasteiger partial charge is 0.477 e. The first-order valence-electron chi connectivity index (χ1n) is 33.6. The fourth-order valence-corrected chi connectivity index (χ4v) is 8.70. The molecule has 0 aliphatic rings. The van der Waals surface area contributed by atoms with Gasteiger partial charge in [0.05, 0.1) is 34.4 Å². The maximum Gasteiger partial charge on any atom is 0.361 e. The van der Waals surface area contributed by atoms with Crippen LogP contribution in [0.3, 0.4) is 0 Å². The smallest absolute Gasteiger partial charge is 0.361 e. The Bertz CT molecular complexity index is 1950. The molecule has 0 saturated heterocycles. The second-order valence-electron chi connectivity index (χ2n) is 23.0. The Labute approximate surface area is 521 Å². The Morgan fingerprint density at radius 1 is 0.353 bits per heavy atom. The fourth-order valence-electron chi connectivity index (χ4n) is 8.70. The highest BCUT2D eigenvalue weighted by molar-refractivity contribution is 5.71. The van der Waals surface area contributed by atoms with Gasteiger partial charge in [0.1, 0.15) is 13.2 Å². The number of hydrogen-bond donors (Lipinski definition) is 1. The molecule has 0 bridgehead atoms. The van der Waals surface area contributed by atoms with Gasteiger partial charge in [-0.15, -0.1) is 0 Å². The lowest BCUT2D eigenvalue weighted by molar-refractivity contribution is -0.870. The number of carbonyl (C=O) groups excluding carboxylic acids is 2. The van der Waals surface area contributed by atoms with Crippen LogP contribution in [0.2, 0.25) is 0 Å². The number of likely N-dealkylation sites (N-methyl/N-ethyl adjacent to an activating group) is 1. The van der Waals surface area contributed by atoms with Crippen molar-refractivity contribution in [2.45, 2.75) is 257 Å².